The summed E-state index contributed by atoms with van der Waals surface area (Å²) in [4.78, 5) is 4.10. The van der Waals surface area contributed by atoms with Gasteiger partial charge in [-0.05, 0) is 24.8 Å². The monoisotopic (exact) mass is 219 g/mol. The van der Waals surface area contributed by atoms with Crippen LogP contribution < -0.4 is 0 Å². The Balaban J connectivity index is 2.38. The van der Waals surface area contributed by atoms with Crippen LogP contribution >= 0.6 is 11.8 Å². The van der Waals surface area contributed by atoms with E-state index in [1.807, 2.05) is 18.3 Å². The van der Waals surface area contributed by atoms with Crippen molar-refractivity contribution >= 4 is 11.8 Å². The van der Waals surface area contributed by atoms with E-state index in [4.69, 9.17) is 0 Å². The summed E-state index contributed by atoms with van der Waals surface area (Å²) in [6.07, 6.45) is 3.62. The molecule has 2 rings (SSSR count). The quantitative estimate of drug-likeness (QED) is 0.807. The third-order valence-electron chi connectivity index (χ3n) is 2.20. The van der Waals surface area contributed by atoms with E-state index < -0.39 is 0 Å². The standard InChI is InChI=1S/C11H13N3S/c1-3-15-11-8(2)10(13-14-11)9-5-4-6-12-7-9/h4-7H,3H2,1-2H3,(H,13,14). The fraction of sp³-hybridized carbons (Fsp3) is 0.273. The van der Waals surface area contributed by atoms with Crippen molar-refractivity contribution in [3.63, 3.8) is 0 Å². The number of rotatable bonds is 3. The summed E-state index contributed by atoms with van der Waals surface area (Å²) in [5, 5.41) is 8.44. The molecule has 0 atom stereocenters. The molecule has 0 radical (unpaired) electrons. The smallest absolute Gasteiger partial charge is 0.121 e. The molecular formula is C11H13N3S. The van der Waals surface area contributed by atoms with Gasteiger partial charge in [-0.3, -0.25) is 10.1 Å². The van der Waals surface area contributed by atoms with Crippen molar-refractivity contribution in [3.8, 4) is 11.3 Å². The summed E-state index contributed by atoms with van der Waals surface area (Å²) in [7, 11) is 0. The van der Waals surface area contributed by atoms with E-state index in [-0.39, 0.29) is 0 Å². The molecule has 0 aliphatic heterocycles. The lowest BCUT2D eigenvalue weighted by atomic mass is 10.1. The molecule has 0 saturated carbocycles. The molecule has 0 amide bonds. The number of pyridine rings is 1. The van der Waals surface area contributed by atoms with Crippen LogP contribution in [0.4, 0.5) is 0 Å². The van der Waals surface area contributed by atoms with Crippen LogP contribution in [0.1, 0.15) is 12.5 Å². The molecular weight excluding hydrogens is 206 g/mol. The first-order chi connectivity index (χ1) is 7.33. The Morgan fingerprint density at radius 1 is 1.47 bits per heavy atom. The molecule has 0 unspecified atom stereocenters. The highest BCUT2D eigenvalue weighted by Gasteiger charge is 2.09. The van der Waals surface area contributed by atoms with E-state index in [0.29, 0.717) is 0 Å². The van der Waals surface area contributed by atoms with Gasteiger partial charge in [0.15, 0.2) is 0 Å². The maximum atomic E-state index is 4.29. The molecule has 0 bridgehead atoms. The Morgan fingerprint density at radius 2 is 2.33 bits per heavy atom. The van der Waals surface area contributed by atoms with Gasteiger partial charge in [0, 0.05) is 23.5 Å². The van der Waals surface area contributed by atoms with E-state index in [1.54, 1.807) is 18.0 Å². The van der Waals surface area contributed by atoms with Gasteiger partial charge < -0.3 is 0 Å². The van der Waals surface area contributed by atoms with E-state index >= 15 is 0 Å². The number of nitrogens with one attached hydrogen (secondary N) is 1. The second-order valence-corrected chi connectivity index (χ2v) is 4.46. The maximum Gasteiger partial charge on any atom is 0.121 e. The summed E-state index contributed by atoms with van der Waals surface area (Å²) < 4.78 is 0. The van der Waals surface area contributed by atoms with Crippen LogP contribution in [-0.4, -0.2) is 20.9 Å². The zero-order valence-corrected chi connectivity index (χ0v) is 9.64. The van der Waals surface area contributed by atoms with Gasteiger partial charge in [0.1, 0.15) is 5.03 Å². The maximum absolute atomic E-state index is 4.29. The molecule has 2 aromatic heterocycles. The minimum absolute atomic E-state index is 1.04. The number of hydrogen-bond acceptors (Lipinski definition) is 3. The molecule has 1 N–H and O–H groups in total. The number of nitrogens with zero attached hydrogens (tertiary/aromatic N) is 2. The summed E-state index contributed by atoms with van der Waals surface area (Å²) in [6.45, 7) is 4.21. The van der Waals surface area contributed by atoms with Crippen LogP contribution in [0.25, 0.3) is 11.3 Å². The lowest BCUT2D eigenvalue weighted by Crippen LogP contribution is -1.82. The normalized spacial score (nSPS) is 10.5. The third kappa shape index (κ3) is 2.04. The number of aromatic amines is 1. The summed E-state index contributed by atoms with van der Waals surface area (Å²) >= 11 is 1.75. The Labute approximate surface area is 93.3 Å². The second-order valence-electron chi connectivity index (χ2n) is 3.20. The fourth-order valence-corrected chi connectivity index (χ4v) is 2.15. The Bertz CT molecular complexity index is 436. The lowest BCUT2D eigenvalue weighted by Gasteiger charge is -1.98. The minimum Gasteiger partial charge on any atom is -0.276 e. The van der Waals surface area contributed by atoms with Crippen molar-refractivity contribution in [2.75, 3.05) is 5.75 Å². The van der Waals surface area contributed by atoms with Gasteiger partial charge >= 0.3 is 0 Å². The van der Waals surface area contributed by atoms with Gasteiger partial charge in [0.25, 0.3) is 0 Å². The summed E-state index contributed by atoms with van der Waals surface area (Å²) in [6, 6.07) is 3.97. The molecule has 15 heavy (non-hydrogen) atoms. The second kappa shape index (κ2) is 4.49. The highest BCUT2D eigenvalue weighted by atomic mass is 32.2. The van der Waals surface area contributed by atoms with Crippen molar-refractivity contribution in [2.45, 2.75) is 18.9 Å². The van der Waals surface area contributed by atoms with Crippen molar-refractivity contribution in [2.24, 2.45) is 0 Å². The summed E-state index contributed by atoms with van der Waals surface area (Å²) in [5.74, 6) is 1.04. The van der Waals surface area contributed by atoms with Gasteiger partial charge in [0.05, 0.1) is 5.69 Å². The topological polar surface area (TPSA) is 41.6 Å². The average molecular weight is 219 g/mol. The molecule has 0 spiro atoms. The third-order valence-corrected chi connectivity index (χ3v) is 3.16. The van der Waals surface area contributed by atoms with Crippen LogP contribution in [0.3, 0.4) is 0 Å². The first-order valence-corrected chi connectivity index (χ1v) is 5.89. The molecule has 2 aromatic rings. The first kappa shape index (κ1) is 10.2. The largest absolute Gasteiger partial charge is 0.276 e. The van der Waals surface area contributed by atoms with Crippen LogP contribution in [0, 0.1) is 6.92 Å². The van der Waals surface area contributed by atoms with Gasteiger partial charge in [-0.15, -0.1) is 11.8 Å². The van der Waals surface area contributed by atoms with Crippen LogP contribution in [0.2, 0.25) is 0 Å². The Hall–Kier alpha value is -1.29. The lowest BCUT2D eigenvalue weighted by molar-refractivity contribution is 1.000. The molecule has 78 valence electrons. The predicted molar refractivity (Wildman–Crippen MR) is 63.0 cm³/mol. The first-order valence-electron chi connectivity index (χ1n) is 4.91. The highest BCUT2D eigenvalue weighted by Crippen LogP contribution is 2.27. The number of H-pyrrole nitrogens is 1. The molecule has 0 fully saturated rings. The molecule has 0 aromatic carbocycles. The van der Waals surface area contributed by atoms with Crippen LogP contribution in [-0.2, 0) is 0 Å². The molecule has 3 nitrogen and oxygen atoms in total. The average Bonchev–Trinajstić information content (AvgIpc) is 2.63. The summed E-state index contributed by atoms with van der Waals surface area (Å²) in [5.41, 5.74) is 3.36. The predicted octanol–water partition coefficient (Wildman–Crippen LogP) is 2.89. The van der Waals surface area contributed by atoms with Crippen LogP contribution in [0.5, 0.6) is 0 Å². The van der Waals surface area contributed by atoms with Gasteiger partial charge in [-0.1, -0.05) is 6.92 Å². The van der Waals surface area contributed by atoms with Crippen molar-refractivity contribution in [1.29, 1.82) is 0 Å². The number of thioether (sulfide) groups is 1. The van der Waals surface area contributed by atoms with Gasteiger partial charge in [0.2, 0.25) is 0 Å². The van der Waals surface area contributed by atoms with Crippen molar-refractivity contribution in [1.82, 2.24) is 15.2 Å². The zero-order valence-electron chi connectivity index (χ0n) is 8.82. The van der Waals surface area contributed by atoms with E-state index in [2.05, 4.69) is 29.0 Å². The molecule has 0 aliphatic carbocycles. The van der Waals surface area contributed by atoms with Crippen molar-refractivity contribution in [3.05, 3.63) is 30.1 Å². The van der Waals surface area contributed by atoms with E-state index in [9.17, 15) is 0 Å². The zero-order chi connectivity index (χ0) is 10.7. The Kier molecular flexibility index (Phi) is 3.06. The highest BCUT2D eigenvalue weighted by molar-refractivity contribution is 7.99. The Morgan fingerprint density at radius 3 is 3.00 bits per heavy atom. The SMILES string of the molecule is CCSc1n[nH]c(-c2cccnc2)c1C. The van der Waals surface area contributed by atoms with Crippen molar-refractivity contribution < 1.29 is 0 Å². The molecule has 0 aliphatic rings. The molecule has 2 heterocycles. The van der Waals surface area contributed by atoms with Crippen LogP contribution in [0.15, 0.2) is 29.6 Å². The minimum atomic E-state index is 1.04. The van der Waals surface area contributed by atoms with E-state index in [0.717, 1.165) is 22.0 Å². The fourth-order valence-electron chi connectivity index (χ4n) is 1.45. The molecule has 0 saturated heterocycles. The molecule has 4 heteroatoms. The van der Waals surface area contributed by atoms with Gasteiger partial charge in [-0.2, -0.15) is 5.10 Å². The van der Waals surface area contributed by atoms with E-state index in [1.165, 1.54) is 5.56 Å². The number of aromatic nitrogens is 3. The number of hydrogen-bond donors (Lipinski definition) is 1. The van der Waals surface area contributed by atoms with Gasteiger partial charge in [-0.25, -0.2) is 0 Å².